The van der Waals surface area contributed by atoms with Gasteiger partial charge >= 0.3 is 0 Å². The lowest BCUT2D eigenvalue weighted by molar-refractivity contribution is 0.106. The van der Waals surface area contributed by atoms with Gasteiger partial charge in [-0.2, -0.15) is 0 Å². The summed E-state index contributed by atoms with van der Waals surface area (Å²) < 4.78 is 5.62. The number of halogens is 2. The highest BCUT2D eigenvalue weighted by atomic mass is 127. The van der Waals surface area contributed by atoms with Gasteiger partial charge in [-0.05, 0) is 44.2 Å². The molecule has 0 amide bonds. The zero-order chi connectivity index (χ0) is 15.6. The molecule has 0 saturated carbocycles. The van der Waals surface area contributed by atoms with Gasteiger partial charge in [0.2, 0.25) is 0 Å². The maximum atomic E-state index is 6.17. The minimum atomic E-state index is 0. The van der Waals surface area contributed by atoms with Gasteiger partial charge in [0.05, 0.1) is 6.10 Å². The summed E-state index contributed by atoms with van der Waals surface area (Å²) in [5.41, 5.74) is 1.16. The fraction of sp³-hybridized carbons (Fsp3) is 0.588. The molecule has 0 spiro atoms. The van der Waals surface area contributed by atoms with E-state index in [1.54, 1.807) is 0 Å². The summed E-state index contributed by atoms with van der Waals surface area (Å²) >= 11 is 6.17. The van der Waals surface area contributed by atoms with E-state index in [9.17, 15) is 0 Å². The number of rotatable bonds is 7. The largest absolute Gasteiger partial charge is 0.378 e. The molecule has 1 aliphatic rings. The fourth-order valence-electron chi connectivity index (χ4n) is 2.55. The van der Waals surface area contributed by atoms with Crippen LogP contribution in [-0.4, -0.2) is 38.3 Å². The van der Waals surface area contributed by atoms with Gasteiger partial charge in [0, 0.05) is 31.3 Å². The van der Waals surface area contributed by atoms with Crippen molar-refractivity contribution < 1.29 is 4.74 Å². The van der Waals surface area contributed by atoms with Gasteiger partial charge in [-0.25, -0.2) is 0 Å². The van der Waals surface area contributed by atoms with Crippen molar-refractivity contribution in [2.45, 2.75) is 38.7 Å². The van der Waals surface area contributed by atoms with Crippen LogP contribution in [-0.2, 0) is 11.2 Å². The monoisotopic (exact) mass is 451 g/mol. The number of guanidine groups is 1. The predicted molar refractivity (Wildman–Crippen MR) is 108 cm³/mol. The Morgan fingerprint density at radius 2 is 2.17 bits per heavy atom. The van der Waals surface area contributed by atoms with Crippen molar-refractivity contribution in [3.8, 4) is 0 Å². The van der Waals surface area contributed by atoms with E-state index >= 15 is 0 Å². The van der Waals surface area contributed by atoms with Crippen LogP contribution in [0.3, 0.4) is 0 Å². The molecule has 1 atom stereocenters. The molecule has 0 aliphatic carbocycles. The second-order valence-electron chi connectivity index (χ2n) is 5.45. The minimum Gasteiger partial charge on any atom is -0.378 e. The van der Waals surface area contributed by atoms with Gasteiger partial charge < -0.3 is 15.4 Å². The van der Waals surface area contributed by atoms with Crippen LogP contribution < -0.4 is 10.6 Å². The van der Waals surface area contributed by atoms with E-state index in [0.717, 1.165) is 55.6 Å². The Hall–Kier alpha value is -0.530. The molecular weight excluding hydrogens is 425 g/mol. The average molecular weight is 452 g/mol. The third-order valence-corrected chi connectivity index (χ3v) is 4.10. The van der Waals surface area contributed by atoms with Crippen molar-refractivity contribution in [3.05, 3.63) is 34.9 Å². The highest BCUT2D eigenvalue weighted by Crippen LogP contribution is 2.15. The number of benzene rings is 1. The Bertz CT molecular complexity index is 479. The van der Waals surface area contributed by atoms with Crippen molar-refractivity contribution >= 4 is 41.5 Å². The molecule has 1 aromatic carbocycles. The fourth-order valence-corrected chi connectivity index (χ4v) is 2.78. The van der Waals surface area contributed by atoms with E-state index in [2.05, 4.69) is 28.6 Å². The van der Waals surface area contributed by atoms with E-state index in [-0.39, 0.29) is 24.0 Å². The molecule has 1 unspecified atom stereocenters. The molecule has 1 fully saturated rings. The molecule has 0 bridgehead atoms. The maximum Gasteiger partial charge on any atom is 0.191 e. The number of nitrogens with zero attached hydrogens (tertiary/aromatic N) is 1. The highest BCUT2D eigenvalue weighted by Gasteiger charge is 2.14. The number of aliphatic imine (C=N–C) groups is 1. The lowest BCUT2D eigenvalue weighted by Crippen LogP contribution is -2.38. The number of hydrogen-bond donors (Lipinski definition) is 2. The molecule has 2 N–H and O–H groups in total. The van der Waals surface area contributed by atoms with Crippen LogP contribution in [0.5, 0.6) is 0 Å². The zero-order valence-corrected chi connectivity index (χ0v) is 16.8. The van der Waals surface area contributed by atoms with E-state index in [0.29, 0.717) is 6.10 Å². The summed E-state index contributed by atoms with van der Waals surface area (Å²) in [6.45, 7) is 5.45. The Labute approximate surface area is 161 Å². The first-order valence-corrected chi connectivity index (χ1v) is 8.54. The summed E-state index contributed by atoms with van der Waals surface area (Å²) in [4.78, 5) is 4.61. The van der Waals surface area contributed by atoms with Gasteiger partial charge in [-0.1, -0.05) is 29.8 Å². The van der Waals surface area contributed by atoms with Crippen LogP contribution >= 0.6 is 35.6 Å². The van der Waals surface area contributed by atoms with Crippen LogP contribution in [0.4, 0.5) is 0 Å². The van der Waals surface area contributed by atoms with Crippen LogP contribution in [0.1, 0.15) is 31.7 Å². The van der Waals surface area contributed by atoms with Crippen LogP contribution in [0.15, 0.2) is 29.3 Å². The zero-order valence-electron chi connectivity index (χ0n) is 13.7. The van der Waals surface area contributed by atoms with E-state index < -0.39 is 0 Å². The molecule has 1 aliphatic heterocycles. The third kappa shape index (κ3) is 7.72. The van der Waals surface area contributed by atoms with Crippen LogP contribution in [0.25, 0.3) is 0 Å². The first-order valence-electron chi connectivity index (χ1n) is 8.16. The summed E-state index contributed by atoms with van der Waals surface area (Å²) in [7, 11) is 0. The molecule has 1 aromatic rings. The SMILES string of the molecule is CCNC(=NCCC1CCCO1)NCCc1ccccc1Cl.I. The second-order valence-corrected chi connectivity index (χ2v) is 5.86. The number of nitrogens with one attached hydrogen (secondary N) is 2. The van der Waals surface area contributed by atoms with Crippen molar-refractivity contribution in [1.82, 2.24) is 10.6 Å². The average Bonchev–Trinajstić information content (AvgIpc) is 3.02. The lowest BCUT2D eigenvalue weighted by atomic mass is 10.1. The summed E-state index contributed by atoms with van der Waals surface area (Å²) in [5.74, 6) is 0.868. The molecule has 23 heavy (non-hydrogen) atoms. The Morgan fingerprint density at radius 1 is 1.35 bits per heavy atom. The van der Waals surface area contributed by atoms with E-state index in [4.69, 9.17) is 16.3 Å². The highest BCUT2D eigenvalue weighted by molar-refractivity contribution is 14.0. The number of ether oxygens (including phenoxy) is 1. The van der Waals surface area contributed by atoms with Gasteiger partial charge in [0.1, 0.15) is 0 Å². The van der Waals surface area contributed by atoms with Gasteiger partial charge in [-0.3, -0.25) is 4.99 Å². The molecule has 1 saturated heterocycles. The molecule has 1 heterocycles. The predicted octanol–water partition coefficient (Wildman–Crippen LogP) is 3.62. The van der Waals surface area contributed by atoms with Gasteiger partial charge in [-0.15, -0.1) is 24.0 Å². The topological polar surface area (TPSA) is 45.7 Å². The number of hydrogen-bond acceptors (Lipinski definition) is 2. The molecule has 130 valence electrons. The van der Waals surface area contributed by atoms with E-state index in [1.165, 1.54) is 12.8 Å². The molecule has 0 aromatic heterocycles. The first-order chi connectivity index (χ1) is 10.8. The molecule has 2 rings (SSSR count). The second kappa shape index (κ2) is 11.9. The lowest BCUT2D eigenvalue weighted by Gasteiger charge is -2.12. The quantitative estimate of drug-likeness (QED) is 0.378. The van der Waals surface area contributed by atoms with Gasteiger partial charge in [0.25, 0.3) is 0 Å². The summed E-state index contributed by atoms with van der Waals surface area (Å²) in [6, 6.07) is 7.96. The smallest absolute Gasteiger partial charge is 0.191 e. The van der Waals surface area contributed by atoms with Crippen LogP contribution in [0.2, 0.25) is 5.02 Å². The summed E-state index contributed by atoms with van der Waals surface area (Å²) in [6.07, 6.45) is 4.64. The normalized spacial score (nSPS) is 17.7. The van der Waals surface area contributed by atoms with Crippen molar-refractivity contribution in [2.75, 3.05) is 26.2 Å². The molecule has 0 radical (unpaired) electrons. The first kappa shape index (κ1) is 20.5. The maximum absolute atomic E-state index is 6.17. The molecule has 6 heteroatoms. The Morgan fingerprint density at radius 3 is 2.87 bits per heavy atom. The van der Waals surface area contributed by atoms with Crippen molar-refractivity contribution in [1.29, 1.82) is 0 Å². The van der Waals surface area contributed by atoms with Crippen molar-refractivity contribution in [2.24, 2.45) is 4.99 Å². The third-order valence-electron chi connectivity index (χ3n) is 3.73. The summed E-state index contributed by atoms with van der Waals surface area (Å²) in [5, 5.41) is 7.46. The van der Waals surface area contributed by atoms with E-state index in [1.807, 2.05) is 18.2 Å². The van der Waals surface area contributed by atoms with Crippen LogP contribution in [0, 0.1) is 0 Å². The standard InChI is InChI=1S/C17H26ClN3O.HI/c1-2-19-17(21-12-10-15-7-5-13-22-15)20-11-9-14-6-3-4-8-16(14)18;/h3-4,6,8,15H,2,5,7,9-13H2,1H3,(H2,19,20,21);1H. The minimum absolute atomic E-state index is 0. The van der Waals surface area contributed by atoms with Crippen molar-refractivity contribution in [3.63, 3.8) is 0 Å². The molecular formula is C17H27ClIN3O. The molecule has 4 nitrogen and oxygen atoms in total. The Balaban J connectivity index is 0.00000264. The van der Waals surface area contributed by atoms with Gasteiger partial charge in [0.15, 0.2) is 5.96 Å². The Kier molecular flexibility index (Phi) is 10.6.